The number of nitrogens with one attached hydrogen (secondary N) is 4. The van der Waals surface area contributed by atoms with Crippen LogP contribution in [0.3, 0.4) is 0 Å². The van der Waals surface area contributed by atoms with Crippen molar-refractivity contribution in [3.05, 3.63) is 29.8 Å². The summed E-state index contributed by atoms with van der Waals surface area (Å²) < 4.78 is 5.20. The van der Waals surface area contributed by atoms with Crippen molar-refractivity contribution in [2.45, 2.75) is 60.1 Å². The summed E-state index contributed by atoms with van der Waals surface area (Å²) in [6.07, 6.45) is 0.338. The topological polar surface area (TPSA) is 104 Å². The van der Waals surface area contributed by atoms with E-state index in [1.165, 1.54) is 0 Å². The van der Waals surface area contributed by atoms with Gasteiger partial charge in [0.2, 0.25) is 5.91 Å². The van der Waals surface area contributed by atoms with E-state index in [0.29, 0.717) is 25.6 Å². The van der Waals surface area contributed by atoms with Gasteiger partial charge in [-0.1, -0.05) is 26.0 Å². The molecule has 0 heterocycles. The number of nitrogens with zero attached hydrogens (tertiary/aromatic N) is 1. The lowest BCUT2D eigenvalue weighted by molar-refractivity contribution is -0.118. The number of alkyl carbamates (subject to hydrolysis) is 1. The van der Waals surface area contributed by atoms with Gasteiger partial charge in [-0.3, -0.25) is 4.79 Å². The molecule has 0 aliphatic rings. The first-order valence-corrected chi connectivity index (χ1v) is 10.5. The Balaban J connectivity index is 2.43. The second-order valence-corrected chi connectivity index (χ2v) is 8.25. The first-order chi connectivity index (χ1) is 14.1. The molecule has 0 aliphatic carbocycles. The molecule has 4 N–H and O–H groups in total. The van der Waals surface area contributed by atoms with Crippen LogP contribution in [0.25, 0.3) is 0 Å². The van der Waals surface area contributed by atoms with Crippen molar-refractivity contribution in [1.29, 1.82) is 0 Å². The number of carbonyl (C=O) groups is 2. The largest absolute Gasteiger partial charge is 0.444 e. The molecule has 1 aromatic rings. The Morgan fingerprint density at radius 1 is 1.03 bits per heavy atom. The number of amides is 2. The van der Waals surface area contributed by atoms with Crippen LogP contribution in [0.4, 0.5) is 10.5 Å². The molecular weight excluding hydrogens is 382 g/mol. The maximum atomic E-state index is 11.7. The van der Waals surface area contributed by atoms with Crippen LogP contribution in [0.1, 0.15) is 53.5 Å². The van der Waals surface area contributed by atoms with Crippen LogP contribution >= 0.6 is 0 Å². The Labute approximate surface area is 180 Å². The summed E-state index contributed by atoms with van der Waals surface area (Å²) in [7, 11) is 0. The Hall–Kier alpha value is -2.77. The van der Waals surface area contributed by atoms with Gasteiger partial charge in [0.25, 0.3) is 0 Å². The zero-order chi connectivity index (χ0) is 22.6. The Morgan fingerprint density at radius 3 is 2.23 bits per heavy atom. The predicted molar refractivity (Wildman–Crippen MR) is 122 cm³/mol. The van der Waals surface area contributed by atoms with Gasteiger partial charge in [-0.25, -0.2) is 9.79 Å². The average molecular weight is 420 g/mol. The van der Waals surface area contributed by atoms with E-state index in [1.54, 1.807) is 0 Å². The quantitative estimate of drug-likeness (QED) is 0.279. The van der Waals surface area contributed by atoms with Crippen molar-refractivity contribution < 1.29 is 14.3 Å². The molecule has 0 aliphatic heterocycles. The molecule has 0 saturated heterocycles. The fraction of sp³-hybridized carbons (Fsp3) is 0.591. The molecule has 0 atom stereocenters. The molecule has 1 rings (SSSR count). The summed E-state index contributed by atoms with van der Waals surface area (Å²) in [4.78, 5) is 27.9. The van der Waals surface area contributed by atoms with E-state index in [0.717, 1.165) is 24.2 Å². The van der Waals surface area contributed by atoms with Crippen LogP contribution in [0, 0.1) is 5.92 Å². The number of benzene rings is 1. The lowest BCUT2D eigenvalue weighted by Crippen LogP contribution is -2.39. The summed E-state index contributed by atoms with van der Waals surface area (Å²) in [6.45, 7) is 13.7. The molecule has 1 aromatic carbocycles. The molecular formula is C22H37N5O3. The van der Waals surface area contributed by atoms with Gasteiger partial charge in [-0.15, -0.1) is 0 Å². The van der Waals surface area contributed by atoms with Crippen LogP contribution < -0.4 is 21.3 Å². The SMILES string of the molecule is CCNC(=NCc1ccc(NC(=O)C(C)C)cc1)NCCCNC(=O)OC(C)(C)C. The van der Waals surface area contributed by atoms with E-state index in [-0.39, 0.29) is 11.8 Å². The molecule has 2 amide bonds. The fourth-order valence-corrected chi connectivity index (χ4v) is 2.29. The molecule has 0 saturated carbocycles. The van der Waals surface area contributed by atoms with Gasteiger partial charge in [0.05, 0.1) is 6.54 Å². The van der Waals surface area contributed by atoms with Gasteiger partial charge >= 0.3 is 6.09 Å². The second-order valence-electron chi connectivity index (χ2n) is 8.25. The standard InChI is InChI=1S/C22H37N5O3/c1-7-23-20(24-13-8-14-25-21(29)30-22(4,5)6)26-15-17-9-11-18(12-10-17)27-19(28)16(2)3/h9-12,16H,7-8,13-15H2,1-6H3,(H,25,29)(H,27,28)(H2,23,24,26). The minimum atomic E-state index is -0.495. The van der Waals surface area contributed by atoms with Crippen molar-refractivity contribution in [1.82, 2.24) is 16.0 Å². The average Bonchev–Trinajstić information content (AvgIpc) is 2.65. The molecule has 8 heteroatoms. The highest BCUT2D eigenvalue weighted by Crippen LogP contribution is 2.11. The van der Waals surface area contributed by atoms with Crippen LogP contribution in [-0.4, -0.2) is 43.2 Å². The second kappa shape index (κ2) is 12.7. The minimum absolute atomic E-state index is 0.000520. The smallest absolute Gasteiger partial charge is 0.407 e. The normalized spacial score (nSPS) is 11.8. The lowest BCUT2D eigenvalue weighted by Gasteiger charge is -2.19. The minimum Gasteiger partial charge on any atom is -0.444 e. The molecule has 0 bridgehead atoms. The van der Waals surface area contributed by atoms with Gasteiger partial charge < -0.3 is 26.0 Å². The summed E-state index contributed by atoms with van der Waals surface area (Å²) in [6, 6.07) is 7.67. The van der Waals surface area contributed by atoms with Gasteiger partial charge in [0.15, 0.2) is 5.96 Å². The van der Waals surface area contributed by atoms with Crippen molar-refractivity contribution in [2.24, 2.45) is 10.9 Å². The van der Waals surface area contributed by atoms with Crippen LogP contribution in [0.15, 0.2) is 29.3 Å². The van der Waals surface area contributed by atoms with E-state index in [1.807, 2.05) is 65.8 Å². The molecule has 0 fully saturated rings. The number of hydrogen-bond donors (Lipinski definition) is 4. The number of carbonyl (C=O) groups excluding carboxylic acids is 2. The highest BCUT2D eigenvalue weighted by Gasteiger charge is 2.15. The first-order valence-electron chi connectivity index (χ1n) is 10.5. The molecule has 0 spiro atoms. The summed E-state index contributed by atoms with van der Waals surface area (Å²) >= 11 is 0. The van der Waals surface area contributed by atoms with Crippen molar-refractivity contribution >= 4 is 23.6 Å². The zero-order valence-electron chi connectivity index (χ0n) is 19.1. The molecule has 0 aromatic heterocycles. The van der Waals surface area contributed by atoms with Crippen molar-refractivity contribution in [3.8, 4) is 0 Å². The Morgan fingerprint density at radius 2 is 1.67 bits per heavy atom. The zero-order valence-corrected chi connectivity index (χ0v) is 19.1. The van der Waals surface area contributed by atoms with E-state index >= 15 is 0 Å². The van der Waals surface area contributed by atoms with E-state index in [4.69, 9.17) is 4.74 Å². The van der Waals surface area contributed by atoms with Crippen LogP contribution in [0.2, 0.25) is 0 Å². The van der Waals surface area contributed by atoms with Crippen molar-refractivity contribution in [3.63, 3.8) is 0 Å². The maximum absolute atomic E-state index is 11.7. The molecule has 30 heavy (non-hydrogen) atoms. The third-order valence-electron chi connectivity index (χ3n) is 3.82. The highest BCUT2D eigenvalue weighted by atomic mass is 16.6. The number of aliphatic imine (C=N–C) groups is 1. The predicted octanol–water partition coefficient (Wildman–Crippen LogP) is 3.25. The molecule has 168 valence electrons. The third kappa shape index (κ3) is 11.3. The summed E-state index contributed by atoms with van der Waals surface area (Å²) in [5, 5.41) is 12.1. The van der Waals surface area contributed by atoms with Gasteiger partial charge in [-0.2, -0.15) is 0 Å². The third-order valence-corrected chi connectivity index (χ3v) is 3.82. The van der Waals surface area contributed by atoms with Gasteiger partial charge in [0.1, 0.15) is 5.60 Å². The van der Waals surface area contributed by atoms with Gasteiger partial charge in [-0.05, 0) is 51.8 Å². The maximum Gasteiger partial charge on any atom is 0.407 e. The monoisotopic (exact) mass is 419 g/mol. The number of anilines is 1. The number of guanidine groups is 1. The summed E-state index contributed by atoms with van der Waals surface area (Å²) in [5.74, 6) is 0.662. The molecule has 0 unspecified atom stereocenters. The van der Waals surface area contributed by atoms with E-state index < -0.39 is 11.7 Å². The van der Waals surface area contributed by atoms with Crippen LogP contribution in [0.5, 0.6) is 0 Å². The summed E-state index contributed by atoms with van der Waals surface area (Å²) in [5.41, 5.74) is 1.33. The highest BCUT2D eigenvalue weighted by molar-refractivity contribution is 5.92. The van der Waals surface area contributed by atoms with Crippen molar-refractivity contribution in [2.75, 3.05) is 25.0 Å². The number of hydrogen-bond acceptors (Lipinski definition) is 4. The van der Waals surface area contributed by atoms with Gasteiger partial charge in [0, 0.05) is 31.2 Å². The molecule has 8 nitrogen and oxygen atoms in total. The Bertz CT molecular complexity index is 694. The lowest BCUT2D eigenvalue weighted by atomic mass is 10.2. The first kappa shape index (κ1) is 25.3. The van der Waals surface area contributed by atoms with E-state index in [2.05, 4.69) is 26.3 Å². The fourth-order valence-electron chi connectivity index (χ4n) is 2.29. The molecule has 0 radical (unpaired) electrons. The number of rotatable bonds is 9. The van der Waals surface area contributed by atoms with E-state index in [9.17, 15) is 9.59 Å². The Kier molecular flexibility index (Phi) is 10.7. The van der Waals surface area contributed by atoms with Crippen LogP contribution in [-0.2, 0) is 16.1 Å². The number of ether oxygens (including phenoxy) is 1.